The Morgan fingerprint density at radius 3 is 2.44 bits per heavy atom. The average Bonchev–Trinajstić information content (AvgIpc) is 2.90. The number of aryl methyl sites for hydroxylation is 2. The standard InChI is InChI=1S/C22H30N2O3/c1-4-27-14-8-13-24-21(25)19(18-10-9-16(2)15-17(18)3)20(22(24)26)23-11-6-5-7-12-23/h9-10,15H,4-8,11-14H2,1-3H3. The van der Waals surface area contributed by atoms with Crippen molar-refractivity contribution >= 4 is 17.4 Å². The van der Waals surface area contributed by atoms with Gasteiger partial charge < -0.3 is 9.64 Å². The number of carbonyl (C=O) groups excluding carboxylic acids is 2. The highest BCUT2D eigenvalue weighted by Gasteiger charge is 2.41. The normalized spacial score (nSPS) is 18.0. The van der Waals surface area contributed by atoms with E-state index in [1.165, 1.54) is 11.3 Å². The number of amides is 2. The van der Waals surface area contributed by atoms with Gasteiger partial charge in [-0.1, -0.05) is 23.8 Å². The monoisotopic (exact) mass is 370 g/mol. The minimum absolute atomic E-state index is 0.145. The number of imide groups is 1. The number of carbonyl (C=O) groups is 2. The zero-order chi connectivity index (χ0) is 19.4. The van der Waals surface area contributed by atoms with Gasteiger partial charge in [-0.15, -0.1) is 0 Å². The number of piperidine rings is 1. The summed E-state index contributed by atoms with van der Waals surface area (Å²) in [6.45, 7) is 9.30. The molecule has 0 aliphatic carbocycles. The molecule has 0 radical (unpaired) electrons. The van der Waals surface area contributed by atoms with Gasteiger partial charge in [0, 0.05) is 32.8 Å². The summed E-state index contributed by atoms with van der Waals surface area (Å²) in [5, 5.41) is 0. The molecule has 3 rings (SSSR count). The Balaban J connectivity index is 1.95. The van der Waals surface area contributed by atoms with E-state index in [4.69, 9.17) is 4.74 Å². The van der Waals surface area contributed by atoms with Crippen LogP contribution in [-0.2, 0) is 14.3 Å². The Hall–Kier alpha value is -2.14. The topological polar surface area (TPSA) is 49.9 Å². The number of benzene rings is 1. The Labute approximate surface area is 162 Å². The fourth-order valence-corrected chi connectivity index (χ4v) is 3.98. The summed E-state index contributed by atoms with van der Waals surface area (Å²) in [6, 6.07) is 6.07. The molecule has 5 heteroatoms. The second-order valence-electron chi connectivity index (χ2n) is 7.40. The molecule has 1 saturated heterocycles. The zero-order valence-corrected chi connectivity index (χ0v) is 16.7. The van der Waals surface area contributed by atoms with E-state index < -0.39 is 0 Å². The quantitative estimate of drug-likeness (QED) is 0.546. The summed E-state index contributed by atoms with van der Waals surface area (Å²) in [7, 11) is 0. The number of hydrogen-bond acceptors (Lipinski definition) is 4. The molecule has 2 amide bonds. The summed E-state index contributed by atoms with van der Waals surface area (Å²) in [6.07, 6.45) is 3.98. The number of hydrogen-bond donors (Lipinski definition) is 0. The second-order valence-corrected chi connectivity index (χ2v) is 7.40. The molecule has 0 atom stereocenters. The van der Waals surface area contributed by atoms with Crippen LogP contribution < -0.4 is 0 Å². The van der Waals surface area contributed by atoms with Crippen molar-refractivity contribution in [1.29, 1.82) is 0 Å². The summed E-state index contributed by atoms with van der Waals surface area (Å²) < 4.78 is 5.38. The van der Waals surface area contributed by atoms with Gasteiger partial charge >= 0.3 is 0 Å². The van der Waals surface area contributed by atoms with E-state index in [1.54, 1.807) is 0 Å². The van der Waals surface area contributed by atoms with Crippen LogP contribution >= 0.6 is 0 Å². The highest BCUT2D eigenvalue weighted by atomic mass is 16.5. The lowest BCUT2D eigenvalue weighted by atomic mass is 9.97. The number of nitrogens with zero attached hydrogens (tertiary/aromatic N) is 2. The van der Waals surface area contributed by atoms with Crippen LogP contribution in [0.2, 0.25) is 0 Å². The maximum Gasteiger partial charge on any atom is 0.277 e. The van der Waals surface area contributed by atoms with Crippen molar-refractivity contribution in [3.8, 4) is 0 Å². The van der Waals surface area contributed by atoms with Gasteiger partial charge in [0.15, 0.2) is 0 Å². The minimum atomic E-state index is -0.163. The molecule has 146 valence electrons. The summed E-state index contributed by atoms with van der Waals surface area (Å²) in [5.74, 6) is -0.308. The van der Waals surface area contributed by atoms with Crippen LogP contribution in [0.15, 0.2) is 23.9 Å². The van der Waals surface area contributed by atoms with Gasteiger partial charge in [0.25, 0.3) is 11.8 Å². The van der Waals surface area contributed by atoms with Gasteiger partial charge in [-0.3, -0.25) is 14.5 Å². The van der Waals surface area contributed by atoms with Gasteiger partial charge in [-0.25, -0.2) is 0 Å². The van der Waals surface area contributed by atoms with Gasteiger partial charge in [-0.2, -0.15) is 0 Å². The molecule has 1 aromatic carbocycles. The molecule has 0 aromatic heterocycles. The molecule has 0 saturated carbocycles. The van der Waals surface area contributed by atoms with Gasteiger partial charge in [0.1, 0.15) is 5.70 Å². The van der Waals surface area contributed by atoms with Gasteiger partial charge in [0.05, 0.1) is 5.57 Å². The molecule has 0 spiro atoms. The first-order valence-corrected chi connectivity index (χ1v) is 10.1. The fourth-order valence-electron chi connectivity index (χ4n) is 3.98. The SMILES string of the molecule is CCOCCCN1C(=O)C(c2ccc(C)cc2C)=C(N2CCCCC2)C1=O. The van der Waals surface area contributed by atoms with Crippen molar-refractivity contribution in [3.05, 3.63) is 40.6 Å². The van der Waals surface area contributed by atoms with Crippen molar-refractivity contribution in [1.82, 2.24) is 9.80 Å². The molecule has 1 fully saturated rings. The third-order valence-corrected chi connectivity index (χ3v) is 5.34. The molecule has 0 unspecified atom stereocenters. The van der Waals surface area contributed by atoms with Gasteiger partial charge in [-0.05, 0) is 57.6 Å². The fraction of sp³-hybridized carbons (Fsp3) is 0.545. The Kier molecular flexibility index (Phi) is 6.32. The van der Waals surface area contributed by atoms with Crippen molar-refractivity contribution in [2.24, 2.45) is 0 Å². The second kappa shape index (κ2) is 8.70. The molecule has 27 heavy (non-hydrogen) atoms. The Morgan fingerprint density at radius 2 is 1.78 bits per heavy atom. The third-order valence-electron chi connectivity index (χ3n) is 5.34. The summed E-state index contributed by atoms with van der Waals surface area (Å²) in [5.41, 5.74) is 4.25. The first kappa shape index (κ1) is 19.6. The third kappa shape index (κ3) is 4.08. The molecule has 0 bridgehead atoms. The average molecular weight is 370 g/mol. The first-order valence-electron chi connectivity index (χ1n) is 10.1. The van der Waals surface area contributed by atoms with Crippen molar-refractivity contribution in [2.75, 3.05) is 32.8 Å². The van der Waals surface area contributed by atoms with Crippen molar-refractivity contribution in [2.45, 2.75) is 46.5 Å². The molecular formula is C22H30N2O3. The Bertz CT molecular complexity index is 748. The van der Waals surface area contributed by atoms with Gasteiger partial charge in [0.2, 0.25) is 0 Å². The molecule has 2 aliphatic heterocycles. The largest absolute Gasteiger partial charge is 0.382 e. The zero-order valence-electron chi connectivity index (χ0n) is 16.7. The molecular weight excluding hydrogens is 340 g/mol. The molecule has 2 heterocycles. The predicted octanol–water partition coefficient (Wildman–Crippen LogP) is 3.30. The molecule has 0 N–H and O–H groups in total. The maximum atomic E-state index is 13.3. The minimum Gasteiger partial charge on any atom is -0.382 e. The summed E-state index contributed by atoms with van der Waals surface area (Å²) >= 11 is 0. The van der Waals surface area contributed by atoms with Crippen LogP contribution in [0.4, 0.5) is 0 Å². The maximum absolute atomic E-state index is 13.3. The first-order chi connectivity index (χ1) is 13.0. The van der Waals surface area contributed by atoms with E-state index in [0.717, 1.165) is 42.6 Å². The van der Waals surface area contributed by atoms with Crippen LogP contribution in [-0.4, -0.2) is 54.5 Å². The van der Waals surface area contributed by atoms with Crippen LogP contribution in [0, 0.1) is 13.8 Å². The molecule has 2 aliphatic rings. The van der Waals surface area contributed by atoms with Crippen molar-refractivity contribution < 1.29 is 14.3 Å². The van der Waals surface area contributed by atoms with E-state index in [9.17, 15) is 9.59 Å². The lowest BCUT2D eigenvalue weighted by Crippen LogP contribution is -2.37. The molecule has 5 nitrogen and oxygen atoms in total. The smallest absolute Gasteiger partial charge is 0.277 e. The lowest BCUT2D eigenvalue weighted by molar-refractivity contribution is -0.137. The van der Waals surface area contributed by atoms with Crippen LogP contribution in [0.3, 0.4) is 0 Å². The predicted molar refractivity (Wildman–Crippen MR) is 106 cm³/mol. The van der Waals surface area contributed by atoms with E-state index in [2.05, 4.69) is 11.0 Å². The van der Waals surface area contributed by atoms with Crippen molar-refractivity contribution in [3.63, 3.8) is 0 Å². The highest BCUT2D eigenvalue weighted by Crippen LogP contribution is 2.34. The number of ether oxygens (including phenoxy) is 1. The van der Waals surface area contributed by atoms with Crippen LogP contribution in [0.25, 0.3) is 5.57 Å². The van der Waals surface area contributed by atoms with Crippen LogP contribution in [0.5, 0.6) is 0 Å². The number of likely N-dealkylation sites (tertiary alicyclic amines) is 1. The van der Waals surface area contributed by atoms with E-state index in [1.807, 2.05) is 32.9 Å². The van der Waals surface area contributed by atoms with E-state index >= 15 is 0 Å². The highest BCUT2D eigenvalue weighted by molar-refractivity contribution is 6.35. The number of rotatable bonds is 7. The van der Waals surface area contributed by atoms with E-state index in [0.29, 0.717) is 37.4 Å². The van der Waals surface area contributed by atoms with E-state index in [-0.39, 0.29) is 11.8 Å². The molecule has 1 aromatic rings. The lowest BCUT2D eigenvalue weighted by Gasteiger charge is -2.29. The van der Waals surface area contributed by atoms with Crippen LogP contribution in [0.1, 0.15) is 49.3 Å². The Morgan fingerprint density at radius 1 is 1.04 bits per heavy atom. The summed E-state index contributed by atoms with van der Waals surface area (Å²) in [4.78, 5) is 30.0.